The predicted octanol–water partition coefficient (Wildman–Crippen LogP) is 3.56. The van der Waals surface area contributed by atoms with Gasteiger partial charge in [0.2, 0.25) is 0 Å². The molecule has 0 bridgehead atoms. The van der Waals surface area contributed by atoms with Crippen LogP contribution >= 0.6 is 0 Å². The molecule has 0 saturated heterocycles. The van der Waals surface area contributed by atoms with E-state index in [0.717, 1.165) is 12.8 Å². The van der Waals surface area contributed by atoms with Crippen molar-refractivity contribution in [1.82, 2.24) is 0 Å². The van der Waals surface area contributed by atoms with E-state index in [1.54, 1.807) is 0 Å². The molecule has 1 aliphatic rings. The van der Waals surface area contributed by atoms with Gasteiger partial charge in [-0.15, -0.1) is 0 Å². The number of aliphatic hydroxyl groups is 1. The first-order valence-electron chi connectivity index (χ1n) is 6.36. The van der Waals surface area contributed by atoms with Gasteiger partial charge in [-0.25, -0.2) is 0 Å². The van der Waals surface area contributed by atoms with Gasteiger partial charge < -0.3 is 5.11 Å². The summed E-state index contributed by atoms with van der Waals surface area (Å²) < 4.78 is 0. The van der Waals surface area contributed by atoms with E-state index in [4.69, 9.17) is 0 Å². The zero-order chi connectivity index (χ0) is 11.9. The van der Waals surface area contributed by atoms with Crippen LogP contribution in [0.4, 0.5) is 0 Å². The quantitative estimate of drug-likeness (QED) is 0.830. The molecule has 3 rings (SSSR count). The fourth-order valence-corrected chi connectivity index (χ4v) is 3.05. The molecule has 2 aromatic rings. The minimum Gasteiger partial charge on any atom is -0.395 e. The van der Waals surface area contributed by atoms with Gasteiger partial charge in [-0.2, -0.15) is 0 Å². The van der Waals surface area contributed by atoms with Crippen LogP contribution in [0.1, 0.15) is 30.4 Å². The van der Waals surface area contributed by atoms with Crippen molar-refractivity contribution >= 4 is 10.8 Å². The van der Waals surface area contributed by atoms with Crippen LogP contribution in [-0.2, 0) is 5.41 Å². The molecule has 0 atom stereocenters. The second-order valence-electron chi connectivity index (χ2n) is 5.27. The third kappa shape index (κ3) is 1.49. The average Bonchev–Trinajstić information content (AvgIpc) is 2.30. The topological polar surface area (TPSA) is 20.2 Å². The van der Waals surface area contributed by atoms with E-state index < -0.39 is 0 Å². The summed E-state index contributed by atoms with van der Waals surface area (Å²) in [6.07, 6.45) is 3.48. The Bertz CT molecular complexity index is 547. The average molecular weight is 226 g/mol. The van der Waals surface area contributed by atoms with Gasteiger partial charge in [0, 0.05) is 5.41 Å². The van der Waals surface area contributed by atoms with E-state index in [-0.39, 0.29) is 12.0 Å². The minimum absolute atomic E-state index is 0.0350. The first-order valence-corrected chi connectivity index (χ1v) is 6.36. The maximum Gasteiger partial charge on any atom is 0.0528 e. The highest BCUT2D eigenvalue weighted by atomic mass is 16.3. The first kappa shape index (κ1) is 10.8. The molecule has 88 valence electrons. The normalized spacial score (nSPS) is 18.0. The Morgan fingerprint density at radius 1 is 1.06 bits per heavy atom. The van der Waals surface area contributed by atoms with Crippen LogP contribution in [0.5, 0.6) is 0 Å². The Morgan fingerprint density at radius 3 is 2.41 bits per heavy atom. The van der Waals surface area contributed by atoms with E-state index in [1.165, 1.54) is 28.3 Å². The Balaban J connectivity index is 2.26. The third-order valence-corrected chi connectivity index (χ3v) is 4.32. The van der Waals surface area contributed by atoms with Crippen LogP contribution in [0.15, 0.2) is 36.4 Å². The zero-order valence-corrected chi connectivity index (χ0v) is 10.2. The van der Waals surface area contributed by atoms with Gasteiger partial charge in [-0.3, -0.25) is 0 Å². The van der Waals surface area contributed by atoms with Gasteiger partial charge in [0.1, 0.15) is 0 Å². The van der Waals surface area contributed by atoms with Crippen molar-refractivity contribution in [2.45, 2.75) is 31.6 Å². The van der Waals surface area contributed by atoms with Crippen LogP contribution in [-0.4, -0.2) is 11.7 Å². The number of aliphatic hydroxyl groups excluding tert-OH is 1. The largest absolute Gasteiger partial charge is 0.395 e. The predicted molar refractivity (Wildman–Crippen MR) is 71.3 cm³/mol. The molecular weight excluding hydrogens is 208 g/mol. The molecule has 0 radical (unpaired) electrons. The maximum atomic E-state index is 9.72. The van der Waals surface area contributed by atoms with Crippen molar-refractivity contribution < 1.29 is 5.11 Å². The van der Waals surface area contributed by atoms with Crippen LogP contribution in [0, 0.1) is 6.92 Å². The van der Waals surface area contributed by atoms with Crippen LogP contribution in [0.25, 0.3) is 10.8 Å². The van der Waals surface area contributed by atoms with Crippen LogP contribution in [0.3, 0.4) is 0 Å². The van der Waals surface area contributed by atoms with Crippen LogP contribution < -0.4 is 0 Å². The number of hydrogen-bond acceptors (Lipinski definition) is 1. The SMILES string of the molecule is Cc1cccc2c(C3(CO)CCC3)cccc12. The Morgan fingerprint density at radius 2 is 1.76 bits per heavy atom. The first-order chi connectivity index (χ1) is 8.27. The summed E-state index contributed by atoms with van der Waals surface area (Å²) in [7, 11) is 0. The highest BCUT2D eigenvalue weighted by molar-refractivity contribution is 5.89. The van der Waals surface area contributed by atoms with Gasteiger partial charge in [0.05, 0.1) is 6.61 Å². The van der Waals surface area contributed by atoms with Gasteiger partial charge in [0.25, 0.3) is 0 Å². The maximum absolute atomic E-state index is 9.72. The van der Waals surface area contributed by atoms with Crippen molar-refractivity contribution in [3.63, 3.8) is 0 Å². The third-order valence-electron chi connectivity index (χ3n) is 4.32. The molecule has 1 heteroatoms. The molecule has 17 heavy (non-hydrogen) atoms. The second kappa shape index (κ2) is 3.85. The molecule has 0 amide bonds. The highest BCUT2D eigenvalue weighted by Crippen LogP contribution is 2.45. The summed E-state index contributed by atoms with van der Waals surface area (Å²) in [6, 6.07) is 13.0. The van der Waals surface area contributed by atoms with E-state index in [2.05, 4.69) is 43.3 Å². The van der Waals surface area contributed by atoms with Gasteiger partial charge >= 0.3 is 0 Å². The Hall–Kier alpha value is -1.34. The molecule has 1 N–H and O–H groups in total. The molecule has 1 aliphatic carbocycles. The molecule has 1 nitrogen and oxygen atoms in total. The summed E-state index contributed by atoms with van der Waals surface area (Å²) in [6.45, 7) is 2.43. The number of aryl methyl sites for hydroxylation is 1. The molecule has 1 saturated carbocycles. The fourth-order valence-electron chi connectivity index (χ4n) is 3.05. The van der Waals surface area contributed by atoms with Crippen molar-refractivity contribution in [3.8, 4) is 0 Å². The van der Waals surface area contributed by atoms with E-state index >= 15 is 0 Å². The molecule has 0 aromatic heterocycles. The van der Waals surface area contributed by atoms with E-state index in [0.29, 0.717) is 0 Å². The lowest BCUT2D eigenvalue weighted by molar-refractivity contribution is 0.121. The molecule has 0 heterocycles. The summed E-state index contributed by atoms with van der Waals surface area (Å²) in [4.78, 5) is 0. The summed E-state index contributed by atoms with van der Waals surface area (Å²) in [5.74, 6) is 0. The fraction of sp³-hybridized carbons (Fsp3) is 0.375. The lowest BCUT2D eigenvalue weighted by atomic mass is 9.64. The molecule has 0 aliphatic heterocycles. The summed E-state index contributed by atoms with van der Waals surface area (Å²) >= 11 is 0. The highest BCUT2D eigenvalue weighted by Gasteiger charge is 2.38. The number of benzene rings is 2. The molecule has 0 spiro atoms. The van der Waals surface area contributed by atoms with Crippen LogP contribution in [0.2, 0.25) is 0 Å². The zero-order valence-electron chi connectivity index (χ0n) is 10.2. The number of fused-ring (bicyclic) bond motifs is 1. The Labute approximate surface area is 102 Å². The minimum atomic E-state index is 0.0350. The van der Waals surface area contributed by atoms with Crippen molar-refractivity contribution in [1.29, 1.82) is 0 Å². The number of rotatable bonds is 2. The smallest absolute Gasteiger partial charge is 0.0528 e. The second-order valence-corrected chi connectivity index (χ2v) is 5.27. The van der Waals surface area contributed by atoms with Crippen molar-refractivity contribution in [3.05, 3.63) is 47.5 Å². The molecule has 0 unspecified atom stereocenters. The van der Waals surface area contributed by atoms with Crippen molar-refractivity contribution in [2.24, 2.45) is 0 Å². The van der Waals surface area contributed by atoms with Gasteiger partial charge in [-0.05, 0) is 41.7 Å². The summed E-state index contributed by atoms with van der Waals surface area (Å²) in [5, 5.41) is 12.4. The lowest BCUT2D eigenvalue weighted by Gasteiger charge is -2.41. The van der Waals surface area contributed by atoms with Gasteiger partial charge in [0.15, 0.2) is 0 Å². The molecule has 1 fully saturated rings. The standard InChI is InChI=1S/C16H18O/c1-12-5-2-7-14-13(12)6-3-8-15(14)16(11-17)9-4-10-16/h2-3,5-8,17H,4,9-11H2,1H3. The van der Waals surface area contributed by atoms with Gasteiger partial charge in [-0.1, -0.05) is 42.8 Å². The molecular formula is C16H18O. The number of hydrogen-bond donors (Lipinski definition) is 1. The lowest BCUT2D eigenvalue weighted by Crippen LogP contribution is -2.38. The summed E-state index contributed by atoms with van der Waals surface area (Å²) in [5.41, 5.74) is 2.69. The van der Waals surface area contributed by atoms with E-state index in [1.807, 2.05) is 0 Å². The Kier molecular flexibility index (Phi) is 2.44. The molecule has 2 aromatic carbocycles. The van der Waals surface area contributed by atoms with Crippen molar-refractivity contribution in [2.75, 3.05) is 6.61 Å². The van der Waals surface area contributed by atoms with E-state index in [9.17, 15) is 5.11 Å². The monoisotopic (exact) mass is 226 g/mol.